The van der Waals surface area contributed by atoms with E-state index >= 15 is 0 Å². The normalized spacial score (nSPS) is 12.7. The predicted molar refractivity (Wildman–Crippen MR) is 73.6 cm³/mol. The van der Waals surface area contributed by atoms with Crippen molar-refractivity contribution in [3.8, 4) is 5.75 Å². The van der Waals surface area contributed by atoms with Crippen LogP contribution in [0, 0.1) is 17.0 Å². The fourth-order valence-corrected chi connectivity index (χ4v) is 1.47. The molecular formula is C13H19N3O4. The Morgan fingerprint density at radius 3 is 2.55 bits per heavy atom. The molecule has 0 aliphatic carbocycles. The van der Waals surface area contributed by atoms with Crippen LogP contribution in [0.4, 0.5) is 5.82 Å². The molecule has 0 aromatic carbocycles. The third kappa shape index (κ3) is 4.49. The van der Waals surface area contributed by atoms with E-state index in [9.17, 15) is 14.9 Å². The zero-order valence-electron chi connectivity index (χ0n) is 12.3. The molecule has 7 nitrogen and oxygen atoms in total. The van der Waals surface area contributed by atoms with Crippen molar-refractivity contribution in [1.82, 2.24) is 10.3 Å². The van der Waals surface area contributed by atoms with Crippen LogP contribution in [-0.4, -0.2) is 27.5 Å². The Morgan fingerprint density at radius 2 is 2.05 bits per heavy atom. The minimum Gasteiger partial charge on any atom is -0.473 e. The van der Waals surface area contributed by atoms with Crippen LogP contribution in [0.1, 0.15) is 33.4 Å². The summed E-state index contributed by atoms with van der Waals surface area (Å²) in [5.74, 6) is -0.745. The molecule has 1 atom stereocenters. The van der Waals surface area contributed by atoms with Crippen molar-refractivity contribution >= 4 is 11.7 Å². The molecule has 1 aromatic rings. The summed E-state index contributed by atoms with van der Waals surface area (Å²) >= 11 is 0. The van der Waals surface area contributed by atoms with Crippen LogP contribution in [0.25, 0.3) is 0 Å². The molecule has 1 aromatic heterocycles. The van der Waals surface area contributed by atoms with E-state index in [4.69, 9.17) is 4.74 Å². The first kappa shape index (κ1) is 15.9. The number of aryl methyl sites for hydroxylation is 1. The van der Waals surface area contributed by atoms with E-state index in [0.29, 0.717) is 5.69 Å². The first-order valence-corrected chi connectivity index (χ1v) is 6.21. The fraction of sp³-hybridized carbons (Fsp3) is 0.538. The molecule has 0 saturated heterocycles. The minimum atomic E-state index is -0.850. The molecule has 7 heteroatoms. The number of amides is 1. The topological polar surface area (TPSA) is 94.4 Å². The number of ether oxygens (including phenoxy) is 1. The number of nitrogens with zero attached hydrogens (tertiary/aromatic N) is 2. The van der Waals surface area contributed by atoms with E-state index in [1.165, 1.54) is 13.0 Å². The number of carbonyl (C=O) groups excluding carboxylic acids is 1. The Kier molecular flexibility index (Phi) is 4.65. The van der Waals surface area contributed by atoms with Crippen molar-refractivity contribution in [2.24, 2.45) is 0 Å². The van der Waals surface area contributed by atoms with Gasteiger partial charge in [0.15, 0.2) is 6.10 Å². The second kappa shape index (κ2) is 5.85. The Balaban J connectivity index is 2.88. The molecule has 0 aliphatic heterocycles. The lowest BCUT2D eigenvalue weighted by atomic mass is 10.1. The largest absolute Gasteiger partial charge is 0.473 e. The van der Waals surface area contributed by atoms with E-state index < -0.39 is 16.6 Å². The van der Waals surface area contributed by atoms with Gasteiger partial charge in [0, 0.05) is 12.5 Å². The molecule has 0 radical (unpaired) electrons. The SMILES string of the molecule is Cc1ccc(O[C@H](C)C(=O)NC(C)(C)C)c([N+](=O)[O-])n1. The van der Waals surface area contributed by atoms with Gasteiger partial charge in [-0.15, -0.1) is 0 Å². The lowest BCUT2D eigenvalue weighted by Gasteiger charge is -2.23. The molecule has 1 amide bonds. The number of pyridine rings is 1. The number of rotatable bonds is 4. The summed E-state index contributed by atoms with van der Waals surface area (Å²) in [4.78, 5) is 26.0. The monoisotopic (exact) mass is 281 g/mol. The molecule has 110 valence electrons. The number of nitrogens with one attached hydrogen (secondary N) is 1. The van der Waals surface area contributed by atoms with Gasteiger partial charge in [0.1, 0.15) is 5.69 Å². The predicted octanol–water partition coefficient (Wildman–Crippen LogP) is 1.98. The summed E-state index contributed by atoms with van der Waals surface area (Å²) in [6.45, 7) is 8.70. The highest BCUT2D eigenvalue weighted by atomic mass is 16.6. The summed E-state index contributed by atoms with van der Waals surface area (Å²) in [6.07, 6.45) is -0.850. The van der Waals surface area contributed by atoms with Crippen molar-refractivity contribution in [3.05, 3.63) is 27.9 Å². The van der Waals surface area contributed by atoms with Gasteiger partial charge in [0.25, 0.3) is 5.91 Å². The Bertz CT molecular complexity index is 523. The van der Waals surface area contributed by atoms with Gasteiger partial charge in [-0.05, 0) is 49.7 Å². The van der Waals surface area contributed by atoms with Gasteiger partial charge in [-0.3, -0.25) is 4.79 Å². The third-order valence-electron chi connectivity index (χ3n) is 2.32. The number of hydrogen-bond donors (Lipinski definition) is 1. The Labute approximate surface area is 117 Å². The van der Waals surface area contributed by atoms with E-state index in [0.717, 1.165) is 0 Å². The zero-order chi connectivity index (χ0) is 15.5. The molecule has 0 unspecified atom stereocenters. The van der Waals surface area contributed by atoms with Gasteiger partial charge in [-0.25, -0.2) is 0 Å². The number of hydrogen-bond acceptors (Lipinski definition) is 5. The average Bonchev–Trinajstić information content (AvgIpc) is 2.28. The van der Waals surface area contributed by atoms with E-state index in [-0.39, 0.29) is 17.5 Å². The van der Waals surface area contributed by atoms with Gasteiger partial charge in [-0.2, -0.15) is 0 Å². The minimum absolute atomic E-state index is 0.0165. The first-order valence-electron chi connectivity index (χ1n) is 6.21. The fourth-order valence-electron chi connectivity index (χ4n) is 1.47. The smallest absolute Gasteiger partial charge is 0.406 e. The van der Waals surface area contributed by atoms with Crippen LogP contribution < -0.4 is 10.1 Å². The molecule has 1 rings (SSSR count). The van der Waals surface area contributed by atoms with Crippen LogP contribution in [0.2, 0.25) is 0 Å². The maximum absolute atomic E-state index is 11.9. The molecule has 20 heavy (non-hydrogen) atoms. The molecule has 0 bridgehead atoms. The average molecular weight is 281 g/mol. The van der Waals surface area contributed by atoms with Crippen LogP contribution in [0.3, 0.4) is 0 Å². The summed E-state index contributed by atoms with van der Waals surface area (Å²) in [5, 5.41) is 13.7. The van der Waals surface area contributed by atoms with Crippen molar-refractivity contribution < 1.29 is 14.5 Å². The second-order valence-corrected chi connectivity index (χ2v) is 5.53. The highest BCUT2D eigenvalue weighted by Crippen LogP contribution is 2.25. The standard InChI is InChI=1S/C13H19N3O4/c1-8-6-7-10(11(14-8)16(18)19)20-9(2)12(17)15-13(3,4)5/h6-7,9H,1-5H3,(H,15,17)/t9-/m1/s1. The van der Waals surface area contributed by atoms with Gasteiger partial charge < -0.3 is 20.2 Å². The third-order valence-corrected chi connectivity index (χ3v) is 2.32. The van der Waals surface area contributed by atoms with E-state index in [1.807, 2.05) is 20.8 Å². The van der Waals surface area contributed by atoms with Crippen LogP contribution in [0.15, 0.2) is 12.1 Å². The van der Waals surface area contributed by atoms with Crippen LogP contribution >= 0.6 is 0 Å². The van der Waals surface area contributed by atoms with Gasteiger partial charge in [0.05, 0.1) is 0 Å². The lowest BCUT2D eigenvalue weighted by Crippen LogP contribution is -2.46. The van der Waals surface area contributed by atoms with Crippen molar-refractivity contribution in [1.29, 1.82) is 0 Å². The number of aromatic nitrogens is 1. The Morgan fingerprint density at radius 1 is 1.45 bits per heavy atom. The maximum Gasteiger partial charge on any atom is 0.406 e. The van der Waals surface area contributed by atoms with Gasteiger partial charge >= 0.3 is 5.82 Å². The molecule has 0 fully saturated rings. The number of carbonyl (C=O) groups is 1. The summed E-state index contributed by atoms with van der Waals surface area (Å²) in [7, 11) is 0. The van der Waals surface area contributed by atoms with Crippen molar-refractivity contribution in [2.75, 3.05) is 0 Å². The quantitative estimate of drug-likeness (QED) is 0.672. The molecule has 0 saturated carbocycles. The van der Waals surface area contributed by atoms with Crippen molar-refractivity contribution in [3.63, 3.8) is 0 Å². The summed E-state index contributed by atoms with van der Waals surface area (Å²) < 4.78 is 5.35. The molecular weight excluding hydrogens is 262 g/mol. The summed E-state index contributed by atoms with van der Waals surface area (Å²) in [5.41, 5.74) is 0.113. The van der Waals surface area contributed by atoms with E-state index in [2.05, 4.69) is 10.3 Å². The van der Waals surface area contributed by atoms with Gasteiger partial charge in [0.2, 0.25) is 5.75 Å². The zero-order valence-corrected chi connectivity index (χ0v) is 12.3. The highest BCUT2D eigenvalue weighted by Gasteiger charge is 2.24. The molecule has 0 aliphatic rings. The molecule has 1 N–H and O–H groups in total. The Hall–Kier alpha value is -2.18. The van der Waals surface area contributed by atoms with Crippen molar-refractivity contribution in [2.45, 2.75) is 46.3 Å². The molecule has 0 spiro atoms. The number of nitro groups is 1. The van der Waals surface area contributed by atoms with Crippen LogP contribution in [-0.2, 0) is 4.79 Å². The molecule has 1 heterocycles. The first-order chi connectivity index (χ1) is 9.10. The van der Waals surface area contributed by atoms with Gasteiger partial charge in [-0.1, -0.05) is 0 Å². The van der Waals surface area contributed by atoms with E-state index in [1.54, 1.807) is 13.0 Å². The second-order valence-electron chi connectivity index (χ2n) is 5.53. The lowest BCUT2D eigenvalue weighted by molar-refractivity contribution is -0.390. The van der Waals surface area contributed by atoms with Crippen LogP contribution in [0.5, 0.6) is 5.75 Å². The summed E-state index contributed by atoms with van der Waals surface area (Å²) in [6, 6.07) is 3.04. The maximum atomic E-state index is 11.9. The highest BCUT2D eigenvalue weighted by molar-refractivity contribution is 5.81.